The number of hydrogen-bond donors (Lipinski definition) is 1. The SMILES string of the molecule is Fc1cccc(-c2n[nH]c(CCCc3ccccc3)n2)c1. The molecule has 0 aliphatic heterocycles. The molecule has 0 radical (unpaired) electrons. The van der Waals surface area contributed by atoms with Gasteiger partial charge in [-0.05, 0) is 30.5 Å². The molecule has 3 aromatic rings. The van der Waals surface area contributed by atoms with E-state index in [4.69, 9.17) is 0 Å². The molecule has 0 unspecified atom stereocenters. The van der Waals surface area contributed by atoms with E-state index in [0.29, 0.717) is 11.4 Å². The number of benzene rings is 2. The van der Waals surface area contributed by atoms with Crippen LogP contribution < -0.4 is 0 Å². The van der Waals surface area contributed by atoms with E-state index in [2.05, 4.69) is 27.3 Å². The third-order valence-corrected chi connectivity index (χ3v) is 3.34. The molecule has 0 fully saturated rings. The van der Waals surface area contributed by atoms with E-state index in [9.17, 15) is 4.39 Å². The predicted molar refractivity (Wildman–Crippen MR) is 80.2 cm³/mol. The maximum Gasteiger partial charge on any atom is 0.181 e. The first-order valence-electron chi connectivity index (χ1n) is 7.02. The van der Waals surface area contributed by atoms with Crippen LogP contribution in [0.3, 0.4) is 0 Å². The Kier molecular flexibility index (Phi) is 4.05. The highest BCUT2D eigenvalue weighted by Gasteiger charge is 2.06. The monoisotopic (exact) mass is 281 g/mol. The minimum absolute atomic E-state index is 0.275. The summed E-state index contributed by atoms with van der Waals surface area (Å²) in [6.45, 7) is 0. The molecule has 1 heterocycles. The van der Waals surface area contributed by atoms with Crippen molar-refractivity contribution in [3.8, 4) is 11.4 Å². The lowest BCUT2D eigenvalue weighted by Gasteiger charge is -1.99. The average Bonchev–Trinajstić information content (AvgIpc) is 2.97. The summed E-state index contributed by atoms with van der Waals surface area (Å²) in [5, 5.41) is 7.08. The second kappa shape index (κ2) is 6.31. The Morgan fingerprint density at radius 1 is 0.952 bits per heavy atom. The van der Waals surface area contributed by atoms with Crippen LogP contribution in [-0.2, 0) is 12.8 Å². The van der Waals surface area contributed by atoms with Gasteiger partial charge >= 0.3 is 0 Å². The zero-order valence-electron chi connectivity index (χ0n) is 11.6. The van der Waals surface area contributed by atoms with E-state index in [1.807, 2.05) is 18.2 Å². The second-order valence-corrected chi connectivity index (χ2v) is 4.96. The summed E-state index contributed by atoms with van der Waals surface area (Å²) in [4.78, 5) is 4.42. The van der Waals surface area contributed by atoms with Gasteiger partial charge in [0, 0.05) is 12.0 Å². The molecule has 0 saturated carbocycles. The molecule has 106 valence electrons. The fourth-order valence-corrected chi connectivity index (χ4v) is 2.27. The van der Waals surface area contributed by atoms with Crippen LogP contribution in [0.2, 0.25) is 0 Å². The summed E-state index contributed by atoms with van der Waals surface area (Å²) in [5.41, 5.74) is 2.02. The van der Waals surface area contributed by atoms with Gasteiger partial charge in [-0.15, -0.1) is 0 Å². The van der Waals surface area contributed by atoms with Crippen LogP contribution in [-0.4, -0.2) is 15.2 Å². The summed E-state index contributed by atoms with van der Waals surface area (Å²) >= 11 is 0. The minimum atomic E-state index is -0.275. The van der Waals surface area contributed by atoms with Crippen molar-refractivity contribution in [3.05, 3.63) is 71.8 Å². The van der Waals surface area contributed by atoms with Crippen LogP contribution >= 0.6 is 0 Å². The zero-order chi connectivity index (χ0) is 14.5. The van der Waals surface area contributed by atoms with Gasteiger partial charge in [-0.2, -0.15) is 5.10 Å². The van der Waals surface area contributed by atoms with E-state index in [1.54, 1.807) is 12.1 Å². The molecule has 0 aliphatic rings. The highest BCUT2D eigenvalue weighted by molar-refractivity contribution is 5.54. The predicted octanol–water partition coefficient (Wildman–Crippen LogP) is 3.79. The molecule has 0 atom stereocenters. The molecular formula is C17H16FN3. The van der Waals surface area contributed by atoms with Gasteiger partial charge in [0.15, 0.2) is 5.82 Å². The van der Waals surface area contributed by atoms with Crippen LogP contribution in [0.15, 0.2) is 54.6 Å². The maximum absolute atomic E-state index is 13.2. The fourth-order valence-electron chi connectivity index (χ4n) is 2.27. The van der Waals surface area contributed by atoms with Gasteiger partial charge in [-0.3, -0.25) is 5.10 Å². The van der Waals surface area contributed by atoms with Crippen molar-refractivity contribution < 1.29 is 4.39 Å². The van der Waals surface area contributed by atoms with E-state index in [0.717, 1.165) is 25.1 Å². The Hall–Kier alpha value is -2.49. The van der Waals surface area contributed by atoms with Crippen molar-refractivity contribution >= 4 is 0 Å². The number of rotatable bonds is 5. The van der Waals surface area contributed by atoms with E-state index >= 15 is 0 Å². The first-order chi connectivity index (χ1) is 10.3. The Morgan fingerprint density at radius 2 is 1.81 bits per heavy atom. The number of nitrogens with zero attached hydrogens (tertiary/aromatic N) is 2. The van der Waals surface area contributed by atoms with Crippen molar-refractivity contribution in [3.63, 3.8) is 0 Å². The Balaban J connectivity index is 1.60. The molecule has 0 bridgehead atoms. The standard InChI is InChI=1S/C17H16FN3/c18-15-10-5-9-14(12-15)17-19-16(20-21-17)11-4-8-13-6-2-1-3-7-13/h1-3,5-7,9-10,12H,4,8,11H2,(H,19,20,21). The summed E-state index contributed by atoms with van der Waals surface area (Å²) in [5.74, 6) is 1.11. The molecule has 0 spiro atoms. The molecule has 3 rings (SSSR count). The first-order valence-corrected chi connectivity index (χ1v) is 7.02. The third-order valence-electron chi connectivity index (χ3n) is 3.34. The third kappa shape index (κ3) is 3.54. The normalized spacial score (nSPS) is 10.7. The summed E-state index contributed by atoms with van der Waals surface area (Å²) in [6.07, 6.45) is 2.84. The molecule has 1 N–H and O–H groups in total. The first kappa shape index (κ1) is 13.5. The van der Waals surface area contributed by atoms with Gasteiger partial charge in [-0.1, -0.05) is 42.5 Å². The Morgan fingerprint density at radius 3 is 2.62 bits per heavy atom. The lowest BCUT2D eigenvalue weighted by Crippen LogP contribution is -1.92. The lowest BCUT2D eigenvalue weighted by molar-refractivity contribution is 0.628. The van der Waals surface area contributed by atoms with Crippen molar-refractivity contribution in [1.29, 1.82) is 0 Å². The molecule has 0 amide bonds. The molecule has 21 heavy (non-hydrogen) atoms. The van der Waals surface area contributed by atoms with Crippen LogP contribution in [0.1, 0.15) is 17.8 Å². The number of aryl methyl sites for hydroxylation is 2. The van der Waals surface area contributed by atoms with Crippen LogP contribution in [0.5, 0.6) is 0 Å². The van der Waals surface area contributed by atoms with Crippen LogP contribution in [0.4, 0.5) is 4.39 Å². The second-order valence-electron chi connectivity index (χ2n) is 4.96. The molecule has 0 aliphatic carbocycles. The van der Waals surface area contributed by atoms with Gasteiger partial charge in [0.1, 0.15) is 11.6 Å². The molecule has 4 heteroatoms. The molecule has 3 nitrogen and oxygen atoms in total. The summed E-state index contributed by atoms with van der Waals surface area (Å²) in [6, 6.07) is 16.7. The average molecular weight is 281 g/mol. The molecule has 1 aromatic heterocycles. The number of nitrogens with one attached hydrogen (secondary N) is 1. The van der Waals surface area contributed by atoms with Gasteiger partial charge in [-0.25, -0.2) is 9.37 Å². The Bertz CT molecular complexity index is 707. The summed E-state index contributed by atoms with van der Waals surface area (Å²) in [7, 11) is 0. The zero-order valence-corrected chi connectivity index (χ0v) is 11.6. The number of aromatic amines is 1. The van der Waals surface area contributed by atoms with Gasteiger partial charge in [0.05, 0.1) is 0 Å². The van der Waals surface area contributed by atoms with E-state index < -0.39 is 0 Å². The number of halogens is 1. The van der Waals surface area contributed by atoms with Crippen LogP contribution in [0, 0.1) is 5.82 Å². The highest BCUT2D eigenvalue weighted by Crippen LogP contribution is 2.16. The molecule has 2 aromatic carbocycles. The van der Waals surface area contributed by atoms with Gasteiger partial charge < -0.3 is 0 Å². The lowest BCUT2D eigenvalue weighted by atomic mass is 10.1. The number of hydrogen-bond acceptors (Lipinski definition) is 2. The van der Waals surface area contributed by atoms with Crippen molar-refractivity contribution in [2.75, 3.05) is 0 Å². The summed E-state index contributed by atoms with van der Waals surface area (Å²) < 4.78 is 13.2. The molecular weight excluding hydrogens is 265 g/mol. The van der Waals surface area contributed by atoms with Crippen molar-refractivity contribution in [2.24, 2.45) is 0 Å². The number of aromatic nitrogens is 3. The smallest absolute Gasteiger partial charge is 0.181 e. The topological polar surface area (TPSA) is 41.6 Å². The van der Waals surface area contributed by atoms with Crippen molar-refractivity contribution in [2.45, 2.75) is 19.3 Å². The van der Waals surface area contributed by atoms with E-state index in [-0.39, 0.29) is 5.82 Å². The quantitative estimate of drug-likeness (QED) is 0.773. The maximum atomic E-state index is 13.2. The highest BCUT2D eigenvalue weighted by atomic mass is 19.1. The number of H-pyrrole nitrogens is 1. The van der Waals surface area contributed by atoms with E-state index in [1.165, 1.54) is 17.7 Å². The molecule has 0 saturated heterocycles. The largest absolute Gasteiger partial charge is 0.263 e. The van der Waals surface area contributed by atoms with Gasteiger partial charge in [0.25, 0.3) is 0 Å². The fraction of sp³-hybridized carbons (Fsp3) is 0.176. The Labute approximate surface area is 122 Å². The van der Waals surface area contributed by atoms with Crippen molar-refractivity contribution in [1.82, 2.24) is 15.2 Å². The minimum Gasteiger partial charge on any atom is -0.263 e. The van der Waals surface area contributed by atoms with Crippen LogP contribution in [0.25, 0.3) is 11.4 Å². The van der Waals surface area contributed by atoms with Gasteiger partial charge in [0.2, 0.25) is 0 Å².